The average molecular weight is 467 g/mol. The molecule has 0 aliphatic rings. The van der Waals surface area contributed by atoms with Gasteiger partial charge in [0.15, 0.2) is 16.4 Å². The van der Waals surface area contributed by atoms with Gasteiger partial charge in [0.05, 0.1) is 24.1 Å². The van der Waals surface area contributed by atoms with Crippen molar-refractivity contribution in [3.63, 3.8) is 0 Å². The fourth-order valence-electron chi connectivity index (χ4n) is 3.51. The molecule has 0 aliphatic carbocycles. The molecule has 1 N–H and O–H groups in total. The standard InChI is InChI=1S/C24H21NO7S/c1-30-22-11-18-17-8-3-4-9-20(17)32-21(18)12-19(22)25-23(26)13-31-24(27)16-7-5-6-15(10-16)14-33(2,28)29/h3-12H,13-14H2,1-2H3,(H,25,26). The number of benzene rings is 3. The number of hydrogen-bond acceptors (Lipinski definition) is 7. The molecule has 9 heteroatoms. The molecule has 0 fully saturated rings. The Morgan fingerprint density at radius 3 is 2.52 bits per heavy atom. The van der Waals surface area contributed by atoms with E-state index in [1.807, 2.05) is 24.3 Å². The van der Waals surface area contributed by atoms with Gasteiger partial charge in [0.2, 0.25) is 0 Å². The van der Waals surface area contributed by atoms with Crippen molar-refractivity contribution in [2.75, 3.05) is 25.3 Å². The van der Waals surface area contributed by atoms with E-state index in [2.05, 4.69) is 5.32 Å². The van der Waals surface area contributed by atoms with Crippen LogP contribution in [0.5, 0.6) is 5.75 Å². The van der Waals surface area contributed by atoms with Crippen molar-refractivity contribution in [3.05, 3.63) is 71.8 Å². The van der Waals surface area contributed by atoms with Crippen LogP contribution >= 0.6 is 0 Å². The van der Waals surface area contributed by atoms with Gasteiger partial charge in [-0.2, -0.15) is 0 Å². The first-order valence-electron chi connectivity index (χ1n) is 9.96. The number of para-hydroxylation sites is 1. The van der Waals surface area contributed by atoms with Crippen LogP contribution in [0.1, 0.15) is 15.9 Å². The van der Waals surface area contributed by atoms with Crippen LogP contribution in [0.4, 0.5) is 5.69 Å². The van der Waals surface area contributed by atoms with E-state index in [1.54, 1.807) is 24.3 Å². The summed E-state index contributed by atoms with van der Waals surface area (Å²) in [4.78, 5) is 24.8. The molecule has 0 aliphatic heterocycles. The first-order valence-corrected chi connectivity index (χ1v) is 12.0. The highest BCUT2D eigenvalue weighted by atomic mass is 32.2. The molecule has 0 atom stereocenters. The second kappa shape index (κ2) is 8.95. The van der Waals surface area contributed by atoms with Crippen LogP contribution in [0.15, 0.2) is 65.1 Å². The number of furan rings is 1. The third-order valence-corrected chi connectivity index (χ3v) is 5.76. The third kappa shape index (κ3) is 5.15. The third-order valence-electron chi connectivity index (χ3n) is 4.90. The maximum Gasteiger partial charge on any atom is 0.338 e. The van der Waals surface area contributed by atoms with Crippen LogP contribution in [0.2, 0.25) is 0 Å². The number of sulfone groups is 1. The van der Waals surface area contributed by atoms with E-state index in [9.17, 15) is 18.0 Å². The number of ether oxygens (including phenoxy) is 2. The molecule has 0 unspecified atom stereocenters. The second-order valence-corrected chi connectivity index (χ2v) is 9.68. The summed E-state index contributed by atoms with van der Waals surface area (Å²) in [5.41, 5.74) is 2.28. The van der Waals surface area contributed by atoms with Crippen LogP contribution < -0.4 is 10.1 Å². The van der Waals surface area contributed by atoms with Crippen molar-refractivity contribution in [1.29, 1.82) is 0 Å². The van der Waals surface area contributed by atoms with E-state index >= 15 is 0 Å². The molecule has 8 nitrogen and oxygen atoms in total. The zero-order valence-electron chi connectivity index (χ0n) is 18.0. The summed E-state index contributed by atoms with van der Waals surface area (Å²) in [6.07, 6.45) is 1.11. The first kappa shape index (κ1) is 22.3. The number of esters is 1. The lowest BCUT2D eigenvalue weighted by molar-refractivity contribution is -0.119. The van der Waals surface area contributed by atoms with Crippen LogP contribution in [-0.4, -0.2) is 40.3 Å². The topological polar surface area (TPSA) is 112 Å². The number of methoxy groups -OCH3 is 1. The Bertz CT molecular complexity index is 1470. The Balaban J connectivity index is 1.46. The quantitative estimate of drug-likeness (QED) is 0.410. The zero-order chi connectivity index (χ0) is 23.6. The van der Waals surface area contributed by atoms with Gasteiger partial charge in [-0.1, -0.05) is 30.3 Å². The minimum absolute atomic E-state index is 0.158. The van der Waals surface area contributed by atoms with Gasteiger partial charge in [0, 0.05) is 23.1 Å². The monoisotopic (exact) mass is 467 g/mol. The molecular formula is C24H21NO7S. The summed E-state index contributed by atoms with van der Waals surface area (Å²) in [6.45, 7) is -0.531. The van der Waals surface area contributed by atoms with Gasteiger partial charge in [-0.3, -0.25) is 4.79 Å². The first-order chi connectivity index (χ1) is 15.7. The molecule has 3 aromatic carbocycles. The molecule has 1 aromatic heterocycles. The lowest BCUT2D eigenvalue weighted by Gasteiger charge is -2.11. The molecule has 0 spiro atoms. The zero-order valence-corrected chi connectivity index (χ0v) is 18.8. The van der Waals surface area contributed by atoms with E-state index in [4.69, 9.17) is 13.9 Å². The molecule has 4 aromatic rings. The number of carbonyl (C=O) groups excluding carboxylic acids is 2. The van der Waals surface area contributed by atoms with Crippen molar-refractivity contribution >= 4 is 49.3 Å². The number of anilines is 1. The molecule has 0 saturated heterocycles. The predicted molar refractivity (Wildman–Crippen MR) is 124 cm³/mol. The Morgan fingerprint density at radius 2 is 1.76 bits per heavy atom. The highest BCUT2D eigenvalue weighted by Crippen LogP contribution is 2.36. The Morgan fingerprint density at radius 1 is 0.970 bits per heavy atom. The highest BCUT2D eigenvalue weighted by molar-refractivity contribution is 7.89. The number of fused-ring (bicyclic) bond motifs is 3. The molecular weight excluding hydrogens is 446 g/mol. The van der Waals surface area contributed by atoms with Crippen molar-refractivity contribution < 1.29 is 31.9 Å². The molecule has 1 heterocycles. The van der Waals surface area contributed by atoms with E-state index in [-0.39, 0.29) is 11.3 Å². The lowest BCUT2D eigenvalue weighted by atomic mass is 10.1. The summed E-state index contributed by atoms with van der Waals surface area (Å²) in [7, 11) is -1.76. The molecule has 1 amide bonds. The number of hydrogen-bond donors (Lipinski definition) is 1. The number of carbonyl (C=O) groups is 2. The SMILES string of the molecule is COc1cc2c(cc1NC(=O)COC(=O)c1cccc(CS(C)(=O)=O)c1)oc1ccccc12. The molecule has 0 bridgehead atoms. The van der Waals surface area contributed by atoms with Crippen molar-refractivity contribution in [1.82, 2.24) is 0 Å². The van der Waals surface area contributed by atoms with Gasteiger partial charge in [0.1, 0.15) is 16.9 Å². The lowest BCUT2D eigenvalue weighted by Crippen LogP contribution is -2.21. The fourth-order valence-corrected chi connectivity index (χ4v) is 4.29. The highest BCUT2D eigenvalue weighted by Gasteiger charge is 2.16. The van der Waals surface area contributed by atoms with Gasteiger partial charge in [0.25, 0.3) is 5.91 Å². The molecule has 170 valence electrons. The van der Waals surface area contributed by atoms with E-state index < -0.39 is 28.3 Å². The average Bonchev–Trinajstić information content (AvgIpc) is 3.13. The van der Waals surface area contributed by atoms with E-state index in [1.165, 1.54) is 19.2 Å². The Hall–Kier alpha value is -3.85. The summed E-state index contributed by atoms with van der Waals surface area (Å²) in [6, 6.07) is 17.1. The molecule has 33 heavy (non-hydrogen) atoms. The van der Waals surface area contributed by atoms with Gasteiger partial charge in [-0.05, 0) is 29.8 Å². The number of amides is 1. The molecule has 4 rings (SSSR count). The maximum absolute atomic E-state index is 12.4. The molecule has 0 radical (unpaired) electrons. The predicted octanol–water partition coefficient (Wildman–Crippen LogP) is 3.93. The second-order valence-electron chi connectivity index (χ2n) is 7.54. The van der Waals surface area contributed by atoms with Crippen LogP contribution in [-0.2, 0) is 25.1 Å². The largest absolute Gasteiger partial charge is 0.495 e. The summed E-state index contributed by atoms with van der Waals surface area (Å²) >= 11 is 0. The normalized spacial score (nSPS) is 11.5. The molecule has 0 saturated carbocycles. The van der Waals surface area contributed by atoms with Crippen molar-refractivity contribution in [2.45, 2.75) is 5.75 Å². The van der Waals surface area contributed by atoms with Gasteiger partial charge in [-0.25, -0.2) is 13.2 Å². The minimum atomic E-state index is -3.25. The Labute approximate surface area is 190 Å². The summed E-state index contributed by atoms with van der Waals surface area (Å²) in [5, 5.41) is 4.44. The number of rotatable bonds is 7. The minimum Gasteiger partial charge on any atom is -0.495 e. The smallest absolute Gasteiger partial charge is 0.338 e. The summed E-state index contributed by atoms with van der Waals surface area (Å²) < 4.78 is 39.3. The van der Waals surface area contributed by atoms with Gasteiger partial charge in [-0.15, -0.1) is 0 Å². The maximum atomic E-state index is 12.4. The van der Waals surface area contributed by atoms with Crippen LogP contribution in [0.25, 0.3) is 21.9 Å². The van der Waals surface area contributed by atoms with Crippen molar-refractivity contribution in [3.8, 4) is 5.75 Å². The Kier molecular flexibility index (Phi) is 6.06. The van der Waals surface area contributed by atoms with E-state index in [0.29, 0.717) is 28.2 Å². The van der Waals surface area contributed by atoms with Crippen LogP contribution in [0.3, 0.4) is 0 Å². The van der Waals surface area contributed by atoms with Gasteiger partial charge >= 0.3 is 5.97 Å². The van der Waals surface area contributed by atoms with Gasteiger partial charge < -0.3 is 19.2 Å². The number of nitrogens with one attached hydrogen (secondary N) is 1. The van der Waals surface area contributed by atoms with E-state index in [0.717, 1.165) is 17.0 Å². The van der Waals surface area contributed by atoms with Crippen molar-refractivity contribution in [2.24, 2.45) is 0 Å². The van der Waals surface area contributed by atoms with Crippen LogP contribution in [0, 0.1) is 0 Å². The summed E-state index contributed by atoms with van der Waals surface area (Å²) in [5.74, 6) is -1.06. The fraction of sp³-hybridized carbons (Fsp3) is 0.167.